The fraction of sp³-hybridized carbons (Fsp3) is 0.308. The highest BCUT2D eigenvalue weighted by molar-refractivity contribution is 9.10. The van der Waals surface area contributed by atoms with Gasteiger partial charge >= 0.3 is 0 Å². The summed E-state index contributed by atoms with van der Waals surface area (Å²) in [6.07, 6.45) is 0. The number of benzene rings is 1. The van der Waals surface area contributed by atoms with E-state index in [2.05, 4.69) is 25.8 Å². The third kappa shape index (κ3) is 3.11. The van der Waals surface area contributed by atoms with Gasteiger partial charge in [0.2, 0.25) is 10.0 Å². The Morgan fingerprint density at radius 1 is 1.35 bits per heavy atom. The first-order valence-electron chi connectivity index (χ1n) is 6.05. The van der Waals surface area contributed by atoms with Gasteiger partial charge in [0.1, 0.15) is 0 Å². The summed E-state index contributed by atoms with van der Waals surface area (Å²) in [5.74, 6) is 0. The Bertz CT molecular complexity index is 738. The predicted molar refractivity (Wildman–Crippen MR) is 80.8 cm³/mol. The number of nitrogens with one attached hydrogen (secondary N) is 1. The Morgan fingerprint density at radius 3 is 2.60 bits per heavy atom. The third-order valence-corrected chi connectivity index (χ3v) is 5.10. The molecule has 7 heteroatoms. The van der Waals surface area contributed by atoms with Crippen LogP contribution in [0.4, 0.5) is 0 Å². The molecule has 1 aromatic heterocycles. The van der Waals surface area contributed by atoms with Crippen molar-refractivity contribution < 1.29 is 8.42 Å². The summed E-state index contributed by atoms with van der Waals surface area (Å²) in [7, 11) is -1.68. The SMILES string of the molecule is Cc1nn(C)c(C)c1CNS(=O)(=O)c1cccc(Br)c1. The van der Waals surface area contributed by atoms with Crippen molar-refractivity contribution in [2.75, 3.05) is 0 Å². The molecule has 0 bridgehead atoms. The van der Waals surface area contributed by atoms with Crippen LogP contribution in [0.3, 0.4) is 0 Å². The number of nitrogens with zero attached hydrogens (tertiary/aromatic N) is 2. The van der Waals surface area contributed by atoms with Crippen molar-refractivity contribution in [2.45, 2.75) is 25.3 Å². The van der Waals surface area contributed by atoms with Crippen LogP contribution >= 0.6 is 15.9 Å². The van der Waals surface area contributed by atoms with Crippen LogP contribution in [0.1, 0.15) is 17.0 Å². The summed E-state index contributed by atoms with van der Waals surface area (Å²) in [6.45, 7) is 4.03. The molecule has 0 aliphatic rings. The highest BCUT2D eigenvalue weighted by Crippen LogP contribution is 2.17. The molecule has 1 aromatic carbocycles. The smallest absolute Gasteiger partial charge is 0.240 e. The standard InChI is InChI=1S/C13H16BrN3O2S/c1-9-13(10(2)17(3)16-9)8-15-20(18,19)12-6-4-5-11(14)7-12/h4-7,15H,8H2,1-3H3. The van der Waals surface area contributed by atoms with Gasteiger partial charge in [0.15, 0.2) is 0 Å². The Morgan fingerprint density at radius 2 is 2.05 bits per heavy atom. The maximum atomic E-state index is 12.2. The topological polar surface area (TPSA) is 64.0 Å². The Hall–Kier alpha value is -1.18. The molecule has 0 aliphatic carbocycles. The average Bonchev–Trinajstić information content (AvgIpc) is 2.61. The summed E-state index contributed by atoms with van der Waals surface area (Å²) in [5, 5.41) is 4.27. The summed E-state index contributed by atoms with van der Waals surface area (Å²) in [5.41, 5.74) is 2.70. The first kappa shape index (κ1) is 15.2. The minimum Gasteiger partial charge on any atom is -0.272 e. The lowest BCUT2D eigenvalue weighted by Gasteiger charge is -2.07. The minimum absolute atomic E-state index is 0.236. The van der Waals surface area contributed by atoms with Gasteiger partial charge in [0.25, 0.3) is 0 Å². The summed E-state index contributed by atoms with van der Waals surface area (Å²) in [4.78, 5) is 0.242. The molecule has 5 nitrogen and oxygen atoms in total. The van der Waals surface area contributed by atoms with E-state index in [1.165, 1.54) is 0 Å². The molecule has 1 N–H and O–H groups in total. The second-order valence-corrected chi connectivity index (χ2v) is 7.24. The molecule has 0 unspecified atom stereocenters. The molecule has 2 rings (SSSR count). The predicted octanol–water partition coefficient (Wildman–Crippen LogP) is 2.28. The van der Waals surface area contributed by atoms with E-state index in [0.29, 0.717) is 0 Å². The molecule has 0 amide bonds. The zero-order valence-electron chi connectivity index (χ0n) is 11.5. The van der Waals surface area contributed by atoms with Crippen molar-refractivity contribution in [3.8, 4) is 0 Å². The zero-order valence-corrected chi connectivity index (χ0v) is 13.9. The second kappa shape index (κ2) is 5.67. The van der Waals surface area contributed by atoms with Gasteiger partial charge < -0.3 is 0 Å². The molecule has 0 spiro atoms. The molecule has 2 aromatic rings. The van der Waals surface area contributed by atoms with Gasteiger partial charge in [-0.05, 0) is 32.0 Å². The van der Waals surface area contributed by atoms with E-state index in [-0.39, 0.29) is 11.4 Å². The van der Waals surface area contributed by atoms with E-state index >= 15 is 0 Å². The van der Waals surface area contributed by atoms with Crippen LogP contribution in [-0.4, -0.2) is 18.2 Å². The van der Waals surface area contributed by atoms with Crippen LogP contribution in [0.2, 0.25) is 0 Å². The maximum Gasteiger partial charge on any atom is 0.240 e. The van der Waals surface area contributed by atoms with Crippen molar-refractivity contribution in [2.24, 2.45) is 7.05 Å². The van der Waals surface area contributed by atoms with Gasteiger partial charge in [-0.25, -0.2) is 13.1 Å². The molecule has 0 atom stereocenters. The lowest BCUT2D eigenvalue weighted by molar-refractivity contribution is 0.581. The minimum atomic E-state index is -3.52. The number of rotatable bonds is 4. The van der Waals surface area contributed by atoms with Crippen LogP contribution in [0.25, 0.3) is 0 Å². The highest BCUT2D eigenvalue weighted by atomic mass is 79.9. The first-order chi connectivity index (χ1) is 9.31. The van der Waals surface area contributed by atoms with Crippen molar-refractivity contribution in [1.82, 2.24) is 14.5 Å². The monoisotopic (exact) mass is 357 g/mol. The van der Waals surface area contributed by atoms with Crippen LogP contribution in [0, 0.1) is 13.8 Å². The van der Waals surface area contributed by atoms with Crippen LogP contribution in [0.5, 0.6) is 0 Å². The second-order valence-electron chi connectivity index (χ2n) is 4.55. The van der Waals surface area contributed by atoms with E-state index in [1.807, 2.05) is 20.9 Å². The van der Waals surface area contributed by atoms with E-state index in [9.17, 15) is 8.42 Å². The largest absolute Gasteiger partial charge is 0.272 e. The first-order valence-corrected chi connectivity index (χ1v) is 8.33. The quantitative estimate of drug-likeness (QED) is 0.912. The fourth-order valence-electron chi connectivity index (χ4n) is 1.96. The number of hydrogen-bond donors (Lipinski definition) is 1. The van der Waals surface area contributed by atoms with E-state index < -0.39 is 10.0 Å². The zero-order chi connectivity index (χ0) is 14.9. The summed E-state index contributed by atoms with van der Waals surface area (Å²) in [6, 6.07) is 6.62. The van der Waals surface area contributed by atoms with Gasteiger partial charge in [-0.15, -0.1) is 0 Å². The third-order valence-electron chi connectivity index (χ3n) is 3.20. The lowest BCUT2D eigenvalue weighted by Crippen LogP contribution is -2.23. The van der Waals surface area contributed by atoms with Crippen LogP contribution in [0.15, 0.2) is 33.6 Å². The highest BCUT2D eigenvalue weighted by Gasteiger charge is 2.16. The number of aryl methyl sites for hydroxylation is 2. The molecule has 108 valence electrons. The molecule has 1 heterocycles. The van der Waals surface area contributed by atoms with Crippen molar-refractivity contribution >= 4 is 26.0 Å². The molecule has 0 radical (unpaired) electrons. The van der Waals surface area contributed by atoms with Crippen LogP contribution < -0.4 is 4.72 Å². The van der Waals surface area contributed by atoms with Crippen LogP contribution in [-0.2, 0) is 23.6 Å². The van der Waals surface area contributed by atoms with E-state index in [4.69, 9.17) is 0 Å². The molecular weight excluding hydrogens is 342 g/mol. The summed E-state index contributed by atoms with van der Waals surface area (Å²) < 4.78 is 29.5. The summed E-state index contributed by atoms with van der Waals surface area (Å²) >= 11 is 3.27. The molecular formula is C13H16BrN3O2S. The molecule has 0 fully saturated rings. The number of aromatic nitrogens is 2. The fourth-order valence-corrected chi connectivity index (χ4v) is 3.55. The van der Waals surface area contributed by atoms with Crippen molar-refractivity contribution in [1.29, 1.82) is 0 Å². The van der Waals surface area contributed by atoms with E-state index in [1.54, 1.807) is 28.9 Å². The number of hydrogen-bond acceptors (Lipinski definition) is 3. The molecule has 0 saturated carbocycles. The number of halogens is 1. The van der Waals surface area contributed by atoms with Gasteiger partial charge in [0, 0.05) is 29.3 Å². The molecule has 0 aliphatic heterocycles. The normalized spacial score (nSPS) is 11.8. The van der Waals surface area contributed by atoms with Gasteiger partial charge in [-0.2, -0.15) is 5.10 Å². The lowest BCUT2D eigenvalue weighted by atomic mass is 10.2. The molecule has 20 heavy (non-hydrogen) atoms. The van der Waals surface area contributed by atoms with Crippen molar-refractivity contribution in [3.63, 3.8) is 0 Å². The Labute approximate surface area is 127 Å². The van der Waals surface area contributed by atoms with Gasteiger partial charge in [-0.3, -0.25) is 4.68 Å². The van der Waals surface area contributed by atoms with Gasteiger partial charge in [0.05, 0.1) is 10.6 Å². The Balaban J connectivity index is 2.22. The maximum absolute atomic E-state index is 12.2. The van der Waals surface area contributed by atoms with Gasteiger partial charge in [-0.1, -0.05) is 22.0 Å². The molecule has 0 saturated heterocycles. The number of sulfonamides is 1. The van der Waals surface area contributed by atoms with E-state index in [0.717, 1.165) is 21.4 Å². The average molecular weight is 358 g/mol. The van der Waals surface area contributed by atoms with Crippen molar-refractivity contribution in [3.05, 3.63) is 45.7 Å². The Kier molecular flexibility index (Phi) is 4.31.